The van der Waals surface area contributed by atoms with E-state index in [1.807, 2.05) is 0 Å². The number of carbonyl (C=O) groups excluding carboxylic acids is 1. The lowest BCUT2D eigenvalue weighted by atomic mass is 10.00. The quantitative estimate of drug-likeness (QED) is 0.660. The molecule has 0 aromatic heterocycles. The van der Waals surface area contributed by atoms with Gasteiger partial charge in [-0.25, -0.2) is 4.39 Å². The Hall–Kier alpha value is -1.50. The van der Waals surface area contributed by atoms with Crippen LogP contribution in [0.3, 0.4) is 0 Å². The molecule has 0 radical (unpaired) electrons. The van der Waals surface area contributed by atoms with Crippen molar-refractivity contribution in [1.29, 1.82) is 0 Å². The topological polar surface area (TPSA) is 87.0 Å². The van der Waals surface area contributed by atoms with Crippen LogP contribution in [-0.2, 0) is 16.1 Å². The van der Waals surface area contributed by atoms with E-state index in [0.717, 1.165) is 19.2 Å². The predicted octanol–water partition coefficient (Wildman–Crippen LogP) is 0.275. The molecule has 0 aliphatic heterocycles. The zero-order valence-electron chi connectivity index (χ0n) is 9.84. The van der Waals surface area contributed by atoms with E-state index in [-0.39, 0.29) is 17.7 Å². The summed E-state index contributed by atoms with van der Waals surface area (Å²) in [7, 11) is 1.16. The van der Waals surface area contributed by atoms with Gasteiger partial charge < -0.3 is 20.1 Å². The largest absolute Gasteiger partial charge is 0.469 e. The van der Waals surface area contributed by atoms with E-state index in [4.69, 9.17) is 5.11 Å². The summed E-state index contributed by atoms with van der Waals surface area (Å²) in [4.78, 5) is 10.9. The van der Waals surface area contributed by atoms with Gasteiger partial charge in [-0.1, -0.05) is 6.07 Å². The molecule has 0 saturated heterocycles. The average Bonchev–Trinajstić information content (AvgIpc) is 2.36. The van der Waals surface area contributed by atoms with Crippen LogP contribution in [0.4, 0.5) is 4.39 Å². The SMILES string of the molecule is COC(=O)CC(O)C(O)c1cc(F)cc(CO)c1. The second kappa shape index (κ2) is 6.44. The molecule has 100 valence electrons. The Balaban J connectivity index is 2.85. The third kappa shape index (κ3) is 3.76. The van der Waals surface area contributed by atoms with Crippen molar-refractivity contribution in [2.45, 2.75) is 25.2 Å². The van der Waals surface area contributed by atoms with Crippen LogP contribution in [-0.4, -0.2) is 34.5 Å². The first-order valence-electron chi connectivity index (χ1n) is 5.31. The molecular weight excluding hydrogens is 243 g/mol. The smallest absolute Gasteiger partial charge is 0.308 e. The van der Waals surface area contributed by atoms with Crippen LogP contribution in [0.2, 0.25) is 0 Å². The van der Waals surface area contributed by atoms with Crippen molar-refractivity contribution < 1.29 is 29.2 Å². The molecule has 1 aromatic carbocycles. The van der Waals surface area contributed by atoms with Crippen molar-refractivity contribution in [3.8, 4) is 0 Å². The summed E-state index contributed by atoms with van der Waals surface area (Å²) in [6, 6.07) is 3.50. The summed E-state index contributed by atoms with van der Waals surface area (Å²) in [5.41, 5.74) is 0.366. The Morgan fingerprint density at radius 1 is 1.39 bits per heavy atom. The molecule has 0 heterocycles. The second-order valence-electron chi connectivity index (χ2n) is 3.84. The minimum Gasteiger partial charge on any atom is -0.469 e. The van der Waals surface area contributed by atoms with E-state index in [1.54, 1.807) is 0 Å². The van der Waals surface area contributed by atoms with E-state index in [9.17, 15) is 19.4 Å². The van der Waals surface area contributed by atoms with Gasteiger partial charge in [-0.15, -0.1) is 0 Å². The molecule has 6 heteroatoms. The maximum absolute atomic E-state index is 13.2. The maximum atomic E-state index is 13.2. The number of hydrogen-bond acceptors (Lipinski definition) is 5. The number of aliphatic hydroxyl groups excluding tert-OH is 3. The molecule has 1 aromatic rings. The third-order valence-corrected chi connectivity index (χ3v) is 2.47. The fourth-order valence-corrected chi connectivity index (χ4v) is 1.53. The number of ether oxygens (including phenoxy) is 1. The molecule has 2 atom stereocenters. The molecule has 0 amide bonds. The van der Waals surface area contributed by atoms with Crippen molar-refractivity contribution in [2.75, 3.05) is 7.11 Å². The number of methoxy groups -OCH3 is 1. The second-order valence-corrected chi connectivity index (χ2v) is 3.84. The maximum Gasteiger partial charge on any atom is 0.308 e. The summed E-state index contributed by atoms with van der Waals surface area (Å²) in [6.45, 7) is -0.384. The van der Waals surface area contributed by atoms with Crippen LogP contribution in [0, 0.1) is 5.82 Å². The first kappa shape index (κ1) is 14.6. The molecule has 0 saturated carbocycles. The van der Waals surface area contributed by atoms with Crippen LogP contribution >= 0.6 is 0 Å². The fourth-order valence-electron chi connectivity index (χ4n) is 1.53. The van der Waals surface area contributed by atoms with E-state index in [1.165, 1.54) is 6.07 Å². The zero-order valence-corrected chi connectivity index (χ0v) is 9.84. The van der Waals surface area contributed by atoms with Crippen molar-refractivity contribution in [2.24, 2.45) is 0 Å². The lowest BCUT2D eigenvalue weighted by Crippen LogP contribution is -2.22. The third-order valence-electron chi connectivity index (χ3n) is 2.47. The minimum atomic E-state index is -1.43. The number of benzene rings is 1. The molecule has 0 aliphatic carbocycles. The average molecular weight is 258 g/mol. The molecule has 1 rings (SSSR count). The van der Waals surface area contributed by atoms with Crippen LogP contribution in [0.5, 0.6) is 0 Å². The molecule has 2 unspecified atom stereocenters. The Morgan fingerprint density at radius 3 is 2.61 bits per heavy atom. The summed E-state index contributed by atoms with van der Waals surface area (Å²) in [6.07, 6.45) is -3.22. The molecule has 0 fully saturated rings. The summed E-state index contributed by atoms with van der Waals surface area (Å²) in [5.74, 6) is -1.32. The van der Waals surface area contributed by atoms with Gasteiger partial charge >= 0.3 is 5.97 Å². The Bertz CT molecular complexity index is 421. The van der Waals surface area contributed by atoms with Crippen molar-refractivity contribution in [1.82, 2.24) is 0 Å². The Morgan fingerprint density at radius 2 is 2.06 bits per heavy atom. The van der Waals surface area contributed by atoms with Crippen molar-refractivity contribution >= 4 is 5.97 Å². The molecule has 18 heavy (non-hydrogen) atoms. The van der Waals surface area contributed by atoms with E-state index in [2.05, 4.69) is 4.74 Å². The highest BCUT2D eigenvalue weighted by Crippen LogP contribution is 2.21. The number of halogens is 1. The molecule has 3 N–H and O–H groups in total. The van der Waals surface area contributed by atoms with Crippen molar-refractivity contribution in [3.05, 3.63) is 35.1 Å². The fraction of sp³-hybridized carbons (Fsp3) is 0.417. The summed E-state index contributed by atoms with van der Waals surface area (Å²) >= 11 is 0. The summed E-state index contributed by atoms with van der Waals surface area (Å²) in [5, 5.41) is 28.3. The van der Waals surface area contributed by atoms with Crippen LogP contribution in [0.25, 0.3) is 0 Å². The van der Waals surface area contributed by atoms with Crippen LogP contribution < -0.4 is 0 Å². The highest BCUT2D eigenvalue weighted by Gasteiger charge is 2.22. The highest BCUT2D eigenvalue weighted by molar-refractivity contribution is 5.69. The molecular formula is C12H15FO5. The van der Waals surface area contributed by atoms with Gasteiger partial charge in [0.25, 0.3) is 0 Å². The lowest BCUT2D eigenvalue weighted by Gasteiger charge is -2.17. The Kier molecular flexibility index (Phi) is 5.21. The number of aliphatic hydroxyl groups is 3. The van der Waals surface area contributed by atoms with Crippen LogP contribution in [0.15, 0.2) is 18.2 Å². The van der Waals surface area contributed by atoms with Gasteiger partial charge in [-0.05, 0) is 23.3 Å². The number of carbonyl (C=O) groups is 1. The minimum absolute atomic E-state index is 0.0930. The highest BCUT2D eigenvalue weighted by atomic mass is 19.1. The summed E-state index contributed by atoms with van der Waals surface area (Å²) < 4.78 is 17.5. The lowest BCUT2D eigenvalue weighted by molar-refractivity contribution is -0.144. The van der Waals surface area contributed by atoms with E-state index < -0.39 is 30.4 Å². The molecule has 0 bridgehead atoms. The Labute approximate surface area is 103 Å². The van der Waals surface area contributed by atoms with E-state index in [0.29, 0.717) is 0 Å². The van der Waals surface area contributed by atoms with Gasteiger partial charge in [0.05, 0.1) is 26.2 Å². The first-order chi connectivity index (χ1) is 8.47. The predicted molar refractivity (Wildman–Crippen MR) is 59.9 cm³/mol. The number of esters is 1. The number of hydrogen-bond donors (Lipinski definition) is 3. The molecule has 0 aliphatic rings. The zero-order chi connectivity index (χ0) is 13.7. The van der Waals surface area contributed by atoms with Gasteiger partial charge in [0.15, 0.2) is 0 Å². The molecule has 5 nitrogen and oxygen atoms in total. The van der Waals surface area contributed by atoms with Crippen molar-refractivity contribution in [3.63, 3.8) is 0 Å². The van der Waals surface area contributed by atoms with Gasteiger partial charge in [0, 0.05) is 0 Å². The first-order valence-corrected chi connectivity index (χ1v) is 5.31. The molecule has 0 spiro atoms. The van der Waals surface area contributed by atoms with E-state index >= 15 is 0 Å². The monoisotopic (exact) mass is 258 g/mol. The van der Waals surface area contributed by atoms with Gasteiger partial charge in [0.1, 0.15) is 11.9 Å². The van der Waals surface area contributed by atoms with Gasteiger partial charge in [-0.2, -0.15) is 0 Å². The number of rotatable bonds is 5. The normalized spacial score (nSPS) is 14.1. The van der Waals surface area contributed by atoms with Crippen LogP contribution in [0.1, 0.15) is 23.7 Å². The van der Waals surface area contributed by atoms with Gasteiger partial charge in [-0.3, -0.25) is 4.79 Å². The van der Waals surface area contributed by atoms with Gasteiger partial charge in [0.2, 0.25) is 0 Å². The standard InChI is InChI=1S/C12H15FO5/c1-18-11(16)5-10(15)12(17)8-2-7(6-14)3-9(13)4-8/h2-4,10,12,14-15,17H,5-6H2,1H3.